The van der Waals surface area contributed by atoms with Crippen LogP contribution < -0.4 is 14.8 Å². The third kappa shape index (κ3) is 4.28. The molecule has 0 spiro atoms. The summed E-state index contributed by atoms with van der Waals surface area (Å²) in [5.41, 5.74) is 0.331. The number of furan rings is 1. The van der Waals surface area contributed by atoms with E-state index in [0.717, 1.165) is 0 Å². The van der Waals surface area contributed by atoms with E-state index in [1.165, 1.54) is 26.4 Å². The fourth-order valence-electron chi connectivity index (χ4n) is 2.07. The Morgan fingerprint density at radius 3 is 2.62 bits per heavy atom. The number of benzene rings is 1. The van der Waals surface area contributed by atoms with Crippen LogP contribution in [-0.2, 0) is 9.53 Å². The Kier molecular flexibility index (Phi) is 5.83. The predicted octanol–water partition coefficient (Wildman–Crippen LogP) is 2.33. The number of hydrogen-bond acceptors (Lipinski definition) is 6. The molecule has 1 N–H and O–H groups in total. The standard InChI is InChI=1S/C17H19NO6/c1-11(13-5-4-8-23-13)18-16(19)10-24-14-7-6-12(17(20)22-3)9-15(14)21-2/h4-9,11H,10H2,1-3H3,(H,18,19)/t11-/m0/s1. The molecule has 2 rings (SSSR count). The number of ether oxygens (including phenoxy) is 3. The van der Waals surface area contributed by atoms with Gasteiger partial charge in [-0.25, -0.2) is 4.79 Å². The van der Waals surface area contributed by atoms with Crippen molar-refractivity contribution in [1.82, 2.24) is 5.32 Å². The average Bonchev–Trinajstić information content (AvgIpc) is 3.13. The van der Waals surface area contributed by atoms with E-state index in [1.54, 1.807) is 24.5 Å². The Morgan fingerprint density at radius 2 is 2.00 bits per heavy atom. The number of carbonyl (C=O) groups is 2. The minimum Gasteiger partial charge on any atom is -0.493 e. The smallest absolute Gasteiger partial charge is 0.337 e. The molecule has 128 valence electrons. The highest BCUT2D eigenvalue weighted by molar-refractivity contribution is 5.90. The van der Waals surface area contributed by atoms with Crippen LogP contribution in [0.1, 0.15) is 29.1 Å². The molecular formula is C17H19NO6. The number of nitrogens with one attached hydrogen (secondary N) is 1. The van der Waals surface area contributed by atoms with Gasteiger partial charge in [0, 0.05) is 0 Å². The largest absolute Gasteiger partial charge is 0.493 e. The highest BCUT2D eigenvalue weighted by atomic mass is 16.5. The zero-order valence-electron chi connectivity index (χ0n) is 13.7. The van der Waals surface area contributed by atoms with E-state index in [4.69, 9.17) is 13.9 Å². The highest BCUT2D eigenvalue weighted by Gasteiger charge is 2.15. The lowest BCUT2D eigenvalue weighted by Gasteiger charge is -2.14. The summed E-state index contributed by atoms with van der Waals surface area (Å²) in [6.45, 7) is 1.61. The van der Waals surface area contributed by atoms with Crippen LogP contribution >= 0.6 is 0 Å². The van der Waals surface area contributed by atoms with Gasteiger partial charge in [-0.2, -0.15) is 0 Å². The van der Waals surface area contributed by atoms with Gasteiger partial charge in [0.25, 0.3) is 5.91 Å². The Morgan fingerprint density at radius 1 is 1.21 bits per heavy atom. The van der Waals surface area contributed by atoms with Crippen molar-refractivity contribution in [2.75, 3.05) is 20.8 Å². The average molecular weight is 333 g/mol. The van der Waals surface area contributed by atoms with E-state index in [9.17, 15) is 9.59 Å². The van der Waals surface area contributed by atoms with Crippen molar-refractivity contribution in [3.8, 4) is 11.5 Å². The summed E-state index contributed by atoms with van der Waals surface area (Å²) < 4.78 is 20.5. The first-order chi connectivity index (χ1) is 11.5. The summed E-state index contributed by atoms with van der Waals surface area (Å²) in [7, 11) is 2.74. The number of methoxy groups -OCH3 is 2. The lowest BCUT2D eigenvalue weighted by Crippen LogP contribution is -2.31. The molecule has 7 heteroatoms. The maximum absolute atomic E-state index is 12.0. The lowest BCUT2D eigenvalue weighted by atomic mass is 10.2. The molecule has 0 bridgehead atoms. The molecule has 2 aromatic rings. The Labute approximate surface area is 139 Å². The fourth-order valence-corrected chi connectivity index (χ4v) is 2.07. The second-order valence-corrected chi connectivity index (χ2v) is 4.95. The molecule has 0 radical (unpaired) electrons. The minimum atomic E-state index is -0.482. The second-order valence-electron chi connectivity index (χ2n) is 4.95. The lowest BCUT2D eigenvalue weighted by molar-refractivity contribution is -0.123. The van der Waals surface area contributed by atoms with Crippen LogP contribution in [-0.4, -0.2) is 32.7 Å². The van der Waals surface area contributed by atoms with Crippen LogP contribution in [0.5, 0.6) is 11.5 Å². The Hall–Kier alpha value is -2.96. The zero-order chi connectivity index (χ0) is 17.5. The van der Waals surface area contributed by atoms with Gasteiger partial charge in [-0.05, 0) is 37.3 Å². The Balaban J connectivity index is 1.95. The highest BCUT2D eigenvalue weighted by Crippen LogP contribution is 2.28. The van der Waals surface area contributed by atoms with E-state index in [2.05, 4.69) is 10.1 Å². The molecule has 24 heavy (non-hydrogen) atoms. The first kappa shape index (κ1) is 17.4. The minimum absolute atomic E-state index is 0.195. The van der Waals surface area contributed by atoms with Crippen molar-refractivity contribution in [3.05, 3.63) is 47.9 Å². The molecule has 7 nitrogen and oxygen atoms in total. The predicted molar refractivity (Wildman–Crippen MR) is 85.1 cm³/mol. The number of hydrogen-bond donors (Lipinski definition) is 1. The van der Waals surface area contributed by atoms with Crippen LogP contribution in [0.4, 0.5) is 0 Å². The molecule has 1 amide bonds. The van der Waals surface area contributed by atoms with Gasteiger partial charge in [0.15, 0.2) is 18.1 Å². The SMILES string of the molecule is COC(=O)c1ccc(OCC(=O)N[C@@H](C)c2ccco2)c(OC)c1. The van der Waals surface area contributed by atoms with Gasteiger partial charge in [-0.15, -0.1) is 0 Å². The molecular weight excluding hydrogens is 314 g/mol. The fraction of sp³-hybridized carbons (Fsp3) is 0.294. The molecule has 0 unspecified atom stereocenters. The van der Waals surface area contributed by atoms with Gasteiger partial charge < -0.3 is 23.9 Å². The third-order valence-electron chi connectivity index (χ3n) is 3.29. The van der Waals surface area contributed by atoms with Crippen LogP contribution in [0, 0.1) is 0 Å². The zero-order valence-corrected chi connectivity index (χ0v) is 13.7. The molecule has 0 aliphatic rings. The monoisotopic (exact) mass is 333 g/mol. The van der Waals surface area contributed by atoms with Crippen molar-refractivity contribution < 1.29 is 28.2 Å². The third-order valence-corrected chi connectivity index (χ3v) is 3.29. The molecule has 0 fully saturated rings. The summed E-state index contributed by atoms with van der Waals surface area (Å²) in [5.74, 6) is 0.557. The molecule has 1 heterocycles. The van der Waals surface area contributed by atoms with Gasteiger partial charge in [-0.1, -0.05) is 0 Å². The topological polar surface area (TPSA) is 87.0 Å². The van der Waals surface area contributed by atoms with Gasteiger partial charge in [0.05, 0.1) is 32.1 Å². The van der Waals surface area contributed by atoms with Gasteiger partial charge >= 0.3 is 5.97 Å². The summed E-state index contributed by atoms with van der Waals surface area (Å²) in [6.07, 6.45) is 1.54. The van der Waals surface area contributed by atoms with E-state index < -0.39 is 5.97 Å². The van der Waals surface area contributed by atoms with Crippen molar-refractivity contribution >= 4 is 11.9 Å². The second kappa shape index (κ2) is 8.05. The molecule has 1 aromatic carbocycles. The maximum Gasteiger partial charge on any atom is 0.337 e. The molecule has 1 atom stereocenters. The molecule has 0 aliphatic carbocycles. The van der Waals surface area contributed by atoms with E-state index in [-0.39, 0.29) is 18.6 Å². The van der Waals surface area contributed by atoms with Crippen molar-refractivity contribution in [3.63, 3.8) is 0 Å². The normalized spacial score (nSPS) is 11.5. The first-order valence-electron chi connectivity index (χ1n) is 7.27. The van der Waals surface area contributed by atoms with E-state index >= 15 is 0 Å². The maximum atomic E-state index is 12.0. The quantitative estimate of drug-likeness (QED) is 0.783. The number of rotatable bonds is 7. The number of amides is 1. The first-order valence-corrected chi connectivity index (χ1v) is 7.27. The molecule has 1 aromatic heterocycles. The van der Waals surface area contributed by atoms with Crippen molar-refractivity contribution in [1.29, 1.82) is 0 Å². The summed E-state index contributed by atoms with van der Waals surface area (Å²) in [6, 6.07) is 7.84. The van der Waals surface area contributed by atoms with Crippen LogP contribution in [0.2, 0.25) is 0 Å². The van der Waals surface area contributed by atoms with Gasteiger partial charge in [0.1, 0.15) is 5.76 Å². The summed E-state index contributed by atoms with van der Waals surface area (Å²) in [4.78, 5) is 23.5. The molecule has 0 saturated heterocycles. The van der Waals surface area contributed by atoms with Crippen molar-refractivity contribution in [2.24, 2.45) is 0 Å². The number of esters is 1. The molecule has 0 saturated carbocycles. The van der Waals surface area contributed by atoms with E-state index in [0.29, 0.717) is 22.8 Å². The van der Waals surface area contributed by atoms with Crippen molar-refractivity contribution in [2.45, 2.75) is 13.0 Å². The summed E-state index contributed by atoms with van der Waals surface area (Å²) >= 11 is 0. The molecule has 0 aliphatic heterocycles. The summed E-state index contributed by atoms with van der Waals surface area (Å²) in [5, 5.41) is 2.76. The van der Waals surface area contributed by atoms with Crippen LogP contribution in [0.25, 0.3) is 0 Å². The Bertz CT molecular complexity index is 695. The van der Waals surface area contributed by atoms with Crippen LogP contribution in [0.3, 0.4) is 0 Å². The van der Waals surface area contributed by atoms with Gasteiger partial charge in [-0.3, -0.25) is 4.79 Å². The number of carbonyl (C=O) groups excluding carboxylic acids is 2. The van der Waals surface area contributed by atoms with Gasteiger partial charge in [0.2, 0.25) is 0 Å². The van der Waals surface area contributed by atoms with Crippen LogP contribution in [0.15, 0.2) is 41.0 Å². The van der Waals surface area contributed by atoms with E-state index in [1.807, 2.05) is 6.92 Å².